The molecule has 0 unspecified atom stereocenters. The van der Waals surface area contributed by atoms with Crippen LogP contribution in [-0.4, -0.2) is 63.9 Å². The van der Waals surface area contributed by atoms with Crippen molar-refractivity contribution in [2.75, 3.05) is 25.0 Å². The third-order valence-corrected chi connectivity index (χ3v) is 6.86. The van der Waals surface area contributed by atoms with Crippen molar-refractivity contribution in [2.45, 2.75) is 29.7 Å². The molecule has 0 bridgehead atoms. The van der Waals surface area contributed by atoms with Crippen molar-refractivity contribution in [3.8, 4) is 0 Å². The summed E-state index contributed by atoms with van der Waals surface area (Å²) in [5, 5.41) is 16.5. The standard InChI is InChI=1S/C15H17N7O3S/c1-20(26(23,24)12-6-16-25-9-12)11-7-21(8-11)14-5-4-13-17-18-15(10-2-3-10)22(13)19-14/h4-6,9-11H,2-3,7-8H2,1H3. The van der Waals surface area contributed by atoms with Crippen LogP contribution in [0.4, 0.5) is 5.82 Å². The SMILES string of the molecule is CN(C1CN(c2ccc3nnc(C4CC4)n3n2)C1)S(=O)(=O)c1cnoc1. The summed E-state index contributed by atoms with van der Waals surface area (Å²) in [6.07, 6.45) is 4.61. The second-order valence-corrected chi connectivity index (χ2v) is 8.73. The molecule has 3 aromatic rings. The summed E-state index contributed by atoms with van der Waals surface area (Å²) in [5.41, 5.74) is 0.736. The van der Waals surface area contributed by atoms with Crippen molar-refractivity contribution in [3.05, 3.63) is 30.4 Å². The highest BCUT2D eigenvalue weighted by Crippen LogP contribution is 2.39. The smallest absolute Gasteiger partial charge is 0.248 e. The number of fused-ring (bicyclic) bond motifs is 1. The van der Waals surface area contributed by atoms with Crippen LogP contribution >= 0.6 is 0 Å². The molecule has 136 valence electrons. The van der Waals surface area contributed by atoms with Gasteiger partial charge in [0.2, 0.25) is 10.0 Å². The van der Waals surface area contributed by atoms with Crippen LogP contribution in [0.25, 0.3) is 5.65 Å². The van der Waals surface area contributed by atoms with Crippen LogP contribution in [0.1, 0.15) is 24.6 Å². The Morgan fingerprint density at radius 1 is 1.23 bits per heavy atom. The second-order valence-electron chi connectivity index (χ2n) is 6.73. The van der Waals surface area contributed by atoms with Crippen molar-refractivity contribution in [1.29, 1.82) is 0 Å². The normalized spacial score (nSPS) is 18.6. The van der Waals surface area contributed by atoms with Gasteiger partial charge < -0.3 is 9.42 Å². The van der Waals surface area contributed by atoms with Crippen molar-refractivity contribution in [1.82, 2.24) is 29.3 Å². The zero-order valence-electron chi connectivity index (χ0n) is 14.1. The summed E-state index contributed by atoms with van der Waals surface area (Å²) in [4.78, 5) is 2.11. The van der Waals surface area contributed by atoms with E-state index < -0.39 is 10.0 Å². The van der Waals surface area contributed by atoms with Crippen LogP contribution < -0.4 is 4.90 Å². The van der Waals surface area contributed by atoms with Gasteiger partial charge in [-0.3, -0.25) is 0 Å². The van der Waals surface area contributed by atoms with Gasteiger partial charge >= 0.3 is 0 Å². The Hall–Kier alpha value is -2.53. The second kappa shape index (κ2) is 5.48. The summed E-state index contributed by atoms with van der Waals surface area (Å²) in [6.45, 7) is 1.14. The van der Waals surface area contributed by atoms with E-state index in [9.17, 15) is 8.42 Å². The van der Waals surface area contributed by atoms with E-state index in [1.165, 1.54) is 10.5 Å². The molecule has 0 atom stereocenters. The molecule has 11 heteroatoms. The van der Waals surface area contributed by atoms with Crippen LogP contribution in [0.2, 0.25) is 0 Å². The van der Waals surface area contributed by atoms with Gasteiger partial charge in [-0.25, -0.2) is 8.42 Å². The average Bonchev–Trinajstić information content (AvgIpc) is 3.11. The zero-order valence-corrected chi connectivity index (χ0v) is 14.9. The fraction of sp³-hybridized carbons (Fsp3) is 0.467. The third kappa shape index (κ3) is 2.38. The van der Waals surface area contributed by atoms with Crippen molar-refractivity contribution in [3.63, 3.8) is 0 Å². The molecular weight excluding hydrogens is 358 g/mol. The van der Waals surface area contributed by atoms with Crippen LogP contribution in [0, 0.1) is 0 Å². The Kier molecular flexibility index (Phi) is 3.31. The molecule has 1 saturated heterocycles. The van der Waals surface area contributed by atoms with Gasteiger partial charge in [0.15, 0.2) is 11.5 Å². The number of hydrogen-bond acceptors (Lipinski definition) is 8. The Morgan fingerprint density at radius 2 is 2.04 bits per heavy atom. The van der Waals surface area contributed by atoms with Crippen LogP contribution in [0.3, 0.4) is 0 Å². The Balaban J connectivity index is 1.33. The van der Waals surface area contributed by atoms with E-state index in [2.05, 4.69) is 25.0 Å². The lowest BCUT2D eigenvalue weighted by Gasteiger charge is -2.43. The molecule has 1 aliphatic carbocycles. The molecule has 0 N–H and O–H groups in total. The highest BCUT2D eigenvalue weighted by Gasteiger charge is 2.38. The number of nitrogens with zero attached hydrogens (tertiary/aromatic N) is 7. The van der Waals surface area contributed by atoms with E-state index in [-0.39, 0.29) is 10.9 Å². The molecule has 0 spiro atoms. The number of hydrogen-bond donors (Lipinski definition) is 0. The Bertz CT molecular complexity index is 1050. The predicted octanol–water partition coefficient (Wildman–Crippen LogP) is 0.499. The minimum absolute atomic E-state index is 0.0663. The van der Waals surface area contributed by atoms with E-state index in [0.29, 0.717) is 19.0 Å². The largest absolute Gasteiger partial charge is 0.363 e. The first kappa shape index (κ1) is 15.7. The van der Waals surface area contributed by atoms with Crippen molar-refractivity contribution < 1.29 is 12.9 Å². The molecule has 0 aromatic carbocycles. The van der Waals surface area contributed by atoms with Gasteiger partial charge in [0, 0.05) is 26.1 Å². The third-order valence-electron chi connectivity index (χ3n) is 5.00. The number of anilines is 1. The number of rotatable bonds is 5. The molecule has 2 aliphatic rings. The molecular formula is C15H17N7O3S. The maximum Gasteiger partial charge on any atom is 0.248 e. The predicted molar refractivity (Wildman–Crippen MR) is 90.2 cm³/mol. The summed E-state index contributed by atoms with van der Waals surface area (Å²) in [5.74, 6) is 2.16. The molecule has 5 rings (SSSR count). The first-order chi connectivity index (χ1) is 12.5. The van der Waals surface area contributed by atoms with E-state index in [4.69, 9.17) is 0 Å². The molecule has 10 nitrogen and oxygen atoms in total. The quantitative estimate of drug-likeness (QED) is 0.634. The van der Waals surface area contributed by atoms with Gasteiger partial charge in [0.1, 0.15) is 17.0 Å². The van der Waals surface area contributed by atoms with E-state index in [1.807, 2.05) is 17.0 Å². The zero-order chi connectivity index (χ0) is 17.9. The molecule has 1 aliphatic heterocycles. The first-order valence-corrected chi connectivity index (χ1v) is 9.83. The van der Waals surface area contributed by atoms with E-state index >= 15 is 0 Å². The lowest BCUT2D eigenvalue weighted by atomic mass is 10.1. The molecule has 26 heavy (non-hydrogen) atoms. The highest BCUT2D eigenvalue weighted by molar-refractivity contribution is 7.89. The van der Waals surface area contributed by atoms with Crippen molar-refractivity contribution >= 4 is 21.5 Å². The minimum Gasteiger partial charge on any atom is -0.363 e. The van der Waals surface area contributed by atoms with Crippen molar-refractivity contribution in [2.24, 2.45) is 0 Å². The Labute approximate surface area is 149 Å². The molecule has 0 amide bonds. The highest BCUT2D eigenvalue weighted by atomic mass is 32.2. The number of likely N-dealkylation sites (N-methyl/N-ethyl adjacent to an activating group) is 1. The lowest BCUT2D eigenvalue weighted by Crippen LogP contribution is -2.60. The van der Waals surface area contributed by atoms with Crippen LogP contribution in [-0.2, 0) is 10.0 Å². The Morgan fingerprint density at radius 3 is 2.73 bits per heavy atom. The van der Waals surface area contributed by atoms with Gasteiger partial charge in [-0.2, -0.15) is 8.82 Å². The van der Waals surface area contributed by atoms with Gasteiger partial charge in [-0.15, -0.1) is 15.3 Å². The molecule has 1 saturated carbocycles. The maximum absolute atomic E-state index is 12.5. The summed E-state index contributed by atoms with van der Waals surface area (Å²) >= 11 is 0. The molecule has 3 aromatic heterocycles. The summed E-state index contributed by atoms with van der Waals surface area (Å²) in [6, 6.07) is 3.66. The molecule has 2 fully saturated rings. The summed E-state index contributed by atoms with van der Waals surface area (Å²) in [7, 11) is -2.02. The number of aromatic nitrogens is 5. The average molecular weight is 375 g/mol. The lowest BCUT2D eigenvalue weighted by molar-refractivity contribution is 0.308. The van der Waals surface area contributed by atoms with E-state index in [1.54, 1.807) is 11.6 Å². The number of sulfonamides is 1. The molecule has 0 radical (unpaired) electrons. The monoisotopic (exact) mass is 375 g/mol. The van der Waals surface area contributed by atoms with Gasteiger partial charge in [-0.05, 0) is 25.0 Å². The fourth-order valence-corrected chi connectivity index (χ4v) is 4.32. The van der Waals surface area contributed by atoms with Crippen LogP contribution in [0.15, 0.2) is 34.0 Å². The van der Waals surface area contributed by atoms with Crippen LogP contribution in [0.5, 0.6) is 0 Å². The van der Waals surface area contributed by atoms with Gasteiger partial charge in [0.05, 0.1) is 12.2 Å². The summed E-state index contributed by atoms with van der Waals surface area (Å²) < 4.78 is 32.8. The fourth-order valence-electron chi connectivity index (χ4n) is 3.12. The minimum atomic E-state index is -3.59. The maximum atomic E-state index is 12.5. The van der Waals surface area contributed by atoms with Gasteiger partial charge in [-0.1, -0.05) is 5.16 Å². The van der Waals surface area contributed by atoms with E-state index in [0.717, 1.165) is 36.4 Å². The van der Waals surface area contributed by atoms with Gasteiger partial charge in [0.25, 0.3) is 0 Å². The topological polar surface area (TPSA) is 110 Å². The first-order valence-electron chi connectivity index (χ1n) is 8.39. The molecule has 4 heterocycles.